The van der Waals surface area contributed by atoms with E-state index in [2.05, 4.69) is 56.2 Å². The van der Waals surface area contributed by atoms with Crippen molar-refractivity contribution in [3.63, 3.8) is 0 Å². The monoisotopic (exact) mass is 361 g/mol. The third-order valence-electron chi connectivity index (χ3n) is 3.26. The van der Waals surface area contributed by atoms with Crippen LogP contribution in [0.15, 0.2) is 21.1 Å². The first kappa shape index (κ1) is 13.5. The standard InChI is InChI=1S/C13H17Br2NO/c1-8-6-11(15)9(7-10(8)14)13(16-2)12-4-3-5-17-12/h6-7,12-13,16H,3-5H2,1-2H3. The van der Waals surface area contributed by atoms with E-state index in [1.807, 2.05) is 7.05 Å². The van der Waals surface area contributed by atoms with Gasteiger partial charge in [-0.25, -0.2) is 0 Å². The maximum Gasteiger partial charge on any atom is 0.0770 e. The van der Waals surface area contributed by atoms with E-state index in [9.17, 15) is 0 Å². The molecule has 0 aliphatic carbocycles. The zero-order chi connectivity index (χ0) is 12.4. The summed E-state index contributed by atoms with van der Waals surface area (Å²) in [6.07, 6.45) is 2.57. The van der Waals surface area contributed by atoms with Gasteiger partial charge in [0.25, 0.3) is 0 Å². The van der Waals surface area contributed by atoms with Gasteiger partial charge < -0.3 is 10.1 Å². The topological polar surface area (TPSA) is 21.3 Å². The molecule has 1 aliphatic rings. The number of halogens is 2. The van der Waals surface area contributed by atoms with E-state index in [-0.39, 0.29) is 12.1 Å². The van der Waals surface area contributed by atoms with Crippen molar-refractivity contribution in [2.75, 3.05) is 13.7 Å². The molecule has 2 nitrogen and oxygen atoms in total. The van der Waals surface area contributed by atoms with Crippen molar-refractivity contribution in [1.29, 1.82) is 0 Å². The fourth-order valence-corrected chi connectivity index (χ4v) is 3.37. The Morgan fingerprint density at radius 1 is 1.35 bits per heavy atom. The number of benzene rings is 1. The lowest BCUT2D eigenvalue weighted by Crippen LogP contribution is -2.29. The van der Waals surface area contributed by atoms with Crippen LogP contribution in [0.2, 0.25) is 0 Å². The molecule has 1 heterocycles. The Morgan fingerprint density at radius 3 is 2.71 bits per heavy atom. The molecule has 2 unspecified atom stereocenters. The fourth-order valence-electron chi connectivity index (χ4n) is 2.31. The lowest BCUT2D eigenvalue weighted by molar-refractivity contribution is 0.0805. The lowest BCUT2D eigenvalue weighted by Gasteiger charge is -2.24. The molecule has 17 heavy (non-hydrogen) atoms. The molecule has 2 atom stereocenters. The highest BCUT2D eigenvalue weighted by molar-refractivity contribution is 9.11. The predicted molar refractivity (Wildman–Crippen MR) is 77.4 cm³/mol. The number of likely N-dealkylation sites (N-methyl/N-ethyl adjacent to an activating group) is 1. The predicted octanol–water partition coefficient (Wildman–Crippen LogP) is 3.96. The first-order valence-corrected chi connectivity index (χ1v) is 7.46. The maximum absolute atomic E-state index is 5.79. The molecular weight excluding hydrogens is 346 g/mol. The molecule has 1 N–H and O–H groups in total. The van der Waals surface area contributed by atoms with Crippen molar-refractivity contribution in [3.8, 4) is 0 Å². The second-order valence-corrected chi connectivity index (χ2v) is 6.15. The van der Waals surface area contributed by atoms with Crippen LogP contribution in [0, 0.1) is 6.92 Å². The molecule has 4 heteroatoms. The van der Waals surface area contributed by atoms with Gasteiger partial charge in [0.05, 0.1) is 12.1 Å². The van der Waals surface area contributed by atoms with E-state index < -0.39 is 0 Å². The number of rotatable bonds is 3. The molecule has 0 amide bonds. The molecule has 1 aromatic rings. The van der Waals surface area contributed by atoms with Gasteiger partial charge >= 0.3 is 0 Å². The van der Waals surface area contributed by atoms with E-state index >= 15 is 0 Å². The summed E-state index contributed by atoms with van der Waals surface area (Å²) in [5, 5.41) is 3.37. The maximum atomic E-state index is 5.79. The molecule has 0 saturated carbocycles. The minimum Gasteiger partial charge on any atom is -0.376 e. The molecule has 1 aromatic carbocycles. The zero-order valence-corrected chi connectivity index (χ0v) is 13.3. The first-order valence-electron chi connectivity index (χ1n) is 5.88. The van der Waals surface area contributed by atoms with Gasteiger partial charge in [-0.2, -0.15) is 0 Å². The Balaban J connectivity index is 2.32. The minimum atomic E-state index is 0.253. The molecular formula is C13H17Br2NO. The smallest absolute Gasteiger partial charge is 0.0770 e. The van der Waals surface area contributed by atoms with Gasteiger partial charge in [-0.3, -0.25) is 0 Å². The van der Waals surface area contributed by atoms with Gasteiger partial charge in [-0.05, 0) is 50.1 Å². The van der Waals surface area contributed by atoms with E-state index in [4.69, 9.17) is 4.74 Å². The van der Waals surface area contributed by atoms with E-state index in [1.165, 1.54) is 11.1 Å². The minimum absolute atomic E-state index is 0.253. The molecule has 1 aliphatic heterocycles. The SMILES string of the molecule is CNC(c1cc(Br)c(C)cc1Br)C1CCCO1. The summed E-state index contributed by atoms with van der Waals surface area (Å²) < 4.78 is 8.08. The van der Waals surface area contributed by atoms with Gasteiger partial charge in [0.1, 0.15) is 0 Å². The summed E-state index contributed by atoms with van der Waals surface area (Å²) in [5.41, 5.74) is 2.50. The van der Waals surface area contributed by atoms with E-state index in [0.29, 0.717) is 0 Å². The quantitative estimate of drug-likeness (QED) is 0.878. The first-order chi connectivity index (χ1) is 8.13. The lowest BCUT2D eigenvalue weighted by atomic mass is 9.98. The number of nitrogens with one attached hydrogen (secondary N) is 1. The zero-order valence-electron chi connectivity index (χ0n) is 10.1. The van der Waals surface area contributed by atoms with Crippen molar-refractivity contribution >= 4 is 31.9 Å². The Hall–Kier alpha value is 0.1000. The van der Waals surface area contributed by atoms with Crippen LogP contribution in [-0.4, -0.2) is 19.8 Å². The second kappa shape index (κ2) is 5.83. The molecule has 1 saturated heterocycles. The van der Waals surface area contributed by atoms with Crippen LogP contribution >= 0.6 is 31.9 Å². The largest absolute Gasteiger partial charge is 0.376 e. The highest BCUT2D eigenvalue weighted by Crippen LogP contribution is 2.34. The molecule has 0 bridgehead atoms. The molecule has 1 fully saturated rings. The third kappa shape index (κ3) is 2.92. The normalized spacial score (nSPS) is 21.8. The van der Waals surface area contributed by atoms with Crippen LogP contribution in [0.3, 0.4) is 0 Å². The summed E-state index contributed by atoms with van der Waals surface area (Å²) in [7, 11) is 1.99. The van der Waals surface area contributed by atoms with Gasteiger partial charge in [0.2, 0.25) is 0 Å². The van der Waals surface area contributed by atoms with E-state index in [0.717, 1.165) is 28.4 Å². The second-order valence-electron chi connectivity index (χ2n) is 4.44. The summed E-state index contributed by atoms with van der Waals surface area (Å²) in [6, 6.07) is 4.59. The highest BCUT2D eigenvalue weighted by Gasteiger charge is 2.27. The third-order valence-corrected chi connectivity index (χ3v) is 4.80. The Kier molecular flexibility index (Phi) is 4.64. The number of hydrogen-bond donors (Lipinski definition) is 1. The van der Waals surface area contributed by atoms with E-state index in [1.54, 1.807) is 0 Å². The molecule has 94 valence electrons. The van der Waals surface area contributed by atoms with Crippen molar-refractivity contribution < 1.29 is 4.74 Å². The summed E-state index contributed by atoms with van der Waals surface area (Å²) in [6.45, 7) is 2.98. The number of hydrogen-bond acceptors (Lipinski definition) is 2. The van der Waals surface area contributed by atoms with Crippen molar-refractivity contribution in [2.24, 2.45) is 0 Å². The molecule has 2 rings (SSSR count). The van der Waals surface area contributed by atoms with Crippen LogP contribution in [0.4, 0.5) is 0 Å². The Morgan fingerprint density at radius 2 is 2.12 bits per heavy atom. The average molecular weight is 363 g/mol. The molecule has 0 aromatic heterocycles. The Bertz CT molecular complexity index is 403. The van der Waals surface area contributed by atoms with Crippen LogP contribution in [0.25, 0.3) is 0 Å². The highest BCUT2D eigenvalue weighted by atomic mass is 79.9. The van der Waals surface area contributed by atoms with Gasteiger partial charge in [0.15, 0.2) is 0 Å². The van der Waals surface area contributed by atoms with Crippen LogP contribution in [0.1, 0.15) is 30.0 Å². The molecule has 0 radical (unpaired) electrons. The van der Waals surface area contributed by atoms with Gasteiger partial charge in [-0.15, -0.1) is 0 Å². The fraction of sp³-hybridized carbons (Fsp3) is 0.538. The Labute approximate surface area is 119 Å². The van der Waals surface area contributed by atoms with Crippen LogP contribution in [-0.2, 0) is 4.74 Å². The average Bonchev–Trinajstić information content (AvgIpc) is 2.80. The van der Waals surface area contributed by atoms with Crippen LogP contribution in [0.5, 0.6) is 0 Å². The van der Waals surface area contributed by atoms with Gasteiger partial charge in [-0.1, -0.05) is 31.9 Å². The summed E-state index contributed by atoms with van der Waals surface area (Å²) in [4.78, 5) is 0. The van der Waals surface area contributed by atoms with Crippen molar-refractivity contribution in [1.82, 2.24) is 5.32 Å². The summed E-state index contributed by atoms with van der Waals surface area (Å²) >= 11 is 7.25. The van der Waals surface area contributed by atoms with Crippen molar-refractivity contribution in [3.05, 3.63) is 32.2 Å². The molecule has 0 spiro atoms. The number of aryl methyl sites for hydroxylation is 1. The van der Waals surface area contributed by atoms with Crippen LogP contribution < -0.4 is 5.32 Å². The summed E-state index contributed by atoms with van der Waals surface area (Å²) in [5.74, 6) is 0. The number of ether oxygens (including phenoxy) is 1. The van der Waals surface area contributed by atoms with Gasteiger partial charge in [0, 0.05) is 15.6 Å². The van der Waals surface area contributed by atoms with Crippen molar-refractivity contribution in [2.45, 2.75) is 31.9 Å².